The number of likely N-dealkylation sites (tertiary alicyclic amines) is 1. The smallest absolute Gasteiger partial charge is 0.270 e. The molecule has 1 fully saturated rings. The number of anilines is 1. The minimum Gasteiger partial charge on any atom is -0.390 e. The number of carbonyl (C=O) groups excluding carboxylic acids is 2. The average molecular weight is 425 g/mol. The lowest BCUT2D eigenvalue weighted by Crippen LogP contribution is -2.54. The van der Waals surface area contributed by atoms with Gasteiger partial charge in [0.15, 0.2) is 0 Å². The lowest BCUT2D eigenvalue weighted by molar-refractivity contribution is -0.135. The Kier molecular flexibility index (Phi) is 6.43. The summed E-state index contributed by atoms with van der Waals surface area (Å²) in [5.41, 5.74) is 2.87. The number of hydrogen-bond donors (Lipinski definition) is 3. The number of carbonyl (C=O) groups is 2. The Bertz CT molecular complexity index is 952. The first-order valence-electron chi connectivity index (χ1n) is 10.6. The number of fused-ring (bicyclic) bond motifs is 1. The van der Waals surface area contributed by atoms with Crippen LogP contribution in [0.3, 0.4) is 0 Å². The molecular weight excluding hydrogens is 396 g/mol. The summed E-state index contributed by atoms with van der Waals surface area (Å²) in [4.78, 5) is 36.1. The zero-order chi connectivity index (χ0) is 21.8. The Morgan fingerprint density at radius 3 is 2.77 bits per heavy atom. The van der Waals surface area contributed by atoms with E-state index in [0.717, 1.165) is 25.9 Å². The third kappa shape index (κ3) is 5.18. The van der Waals surface area contributed by atoms with E-state index in [2.05, 4.69) is 43.7 Å². The summed E-state index contributed by atoms with van der Waals surface area (Å²) < 4.78 is 0. The van der Waals surface area contributed by atoms with Crippen LogP contribution < -0.4 is 10.6 Å². The largest absolute Gasteiger partial charge is 0.390 e. The van der Waals surface area contributed by atoms with Crippen molar-refractivity contribution in [2.24, 2.45) is 0 Å². The molecule has 1 saturated heterocycles. The number of aliphatic hydroxyl groups excluding tert-OH is 1. The van der Waals surface area contributed by atoms with Crippen LogP contribution in [-0.4, -0.2) is 75.1 Å². The van der Waals surface area contributed by atoms with Crippen LogP contribution in [0.4, 0.5) is 5.82 Å². The number of benzene rings is 1. The Labute approximate surface area is 181 Å². The van der Waals surface area contributed by atoms with Crippen molar-refractivity contribution in [3.63, 3.8) is 0 Å². The number of amides is 2. The normalized spacial score (nSPS) is 19.2. The van der Waals surface area contributed by atoms with Crippen LogP contribution in [0, 0.1) is 0 Å². The van der Waals surface area contributed by atoms with Gasteiger partial charge in [0.25, 0.3) is 5.91 Å². The standard InChI is InChI=1S/C22H28N6O3/c1-15(29)28-9-7-21(28)26-20-10-19(24-14-25-20)22(31)23-11-18(30)13-27-8-6-16-4-2-3-5-17(16)12-27/h2-5,10,14,18,21,30H,6-9,11-13H2,1H3,(H,23,31)(H,24,25,26)/t18-,21?/m0/s1. The molecule has 2 aliphatic rings. The highest BCUT2D eigenvalue weighted by Crippen LogP contribution is 2.20. The summed E-state index contributed by atoms with van der Waals surface area (Å²) in [6.45, 7) is 4.58. The maximum absolute atomic E-state index is 12.5. The number of aliphatic hydroxyl groups is 1. The van der Waals surface area contributed by atoms with Crippen LogP contribution in [0.25, 0.3) is 0 Å². The van der Waals surface area contributed by atoms with E-state index in [1.54, 1.807) is 11.0 Å². The number of β-amino-alcohol motifs (C(OH)–C–C–N with tert-alkyl or cyclic N) is 1. The number of nitrogens with one attached hydrogen (secondary N) is 2. The molecule has 0 aliphatic carbocycles. The predicted octanol–water partition coefficient (Wildman–Crippen LogP) is 0.616. The quantitative estimate of drug-likeness (QED) is 0.597. The third-order valence-electron chi connectivity index (χ3n) is 5.82. The lowest BCUT2D eigenvalue weighted by atomic mass is 10.00. The van der Waals surface area contributed by atoms with E-state index in [4.69, 9.17) is 0 Å². The van der Waals surface area contributed by atoms with Crippen molar-refractivity contribution in [3.05, 3.63) is 53.5 Å². The Balaban J connectivity index is 1.25. The van der Waals surface area contributed by atoms with E-state index in [0.29, 0.717) is 18.9 Å². The monoisotopic (exact) mass is 424 g/mol. The van der Waals surface area contributed by atoms with Crippen molar-refractivity contribution >= 4 is 17.6 Å². The molecule has 0 bridgehead atoms. The van der Waals surface area contributed by atoms with Crippen molar-refractivity contribution in [2.75, 3.05) is 31.5 Å². The molecule has 3 heterocycles. The highest BCUT2D eigenvalue weighted by atomic mass is 16.3. The molecule has 1 unspecified atom stereocenters. The lowest BCUT2D eigenvalue weighted by Gasteiger charge is -2.40. The highest BCUT2D eigenvalue weighted by molar-refractivity contribution is 5.92. The molecular formula is C22H28N6O3. The third-order valence-corrected chi connectivity index (χ3v) is 5.82. The Morgan fingerprint density at radius 1 is 1.23 bits per heavy atom. The first-order valence-corrected chi connectivity index (χ1v) is 10.6. The first-order chi connectivity index (χ1) is 15.0. The van der Waals surface area contributed by atoms with Crippen molar-refractivity contribution in [2.45, 2.75) is 38.6 Å². The van der Waals surface area contributed by atoms with Crippen LogP contribution in [0.5, 0.6) is 0 Å². The molecule has 0 saturated carbocycles. The molecule has 2 aromatic rings. The second kappa shape index (κ2) is 9.40. The average Bonchev–Trinajstić information content (AvgIpc) is 2.75. The summed E-state index contributed by atoms with van der Waals surface area (Å²) in [5, 5.41) is 16.3. The summed E-state index contributed by atoms with van der Waals surface area (Å²) in [6.07, 6.45) is 2.33. The number of hydrogen-bond acceptors (Lipinski definition) is 7. The SMILES string of the molecule is CC(=O)N1CCC1Nc1cc(C(=O)NC[C@H](O)CN2CCc3ccccc3C2)ncn1. The van der Waals surface area contributed by atoms with Crippen LogP contribution in [0.2, 0.25) is 0 Å². The fourth-order valence-corrected chi connectivity index (χ4v) is 4.02. The Morgan fingerprint density at radius 2 is 2.03 bits per heavy atom. The van der Waals surface area contributed by atoms with Crippen LogP contribution in [-0.2, 0) is 17.8 Å². The zero-order valence-electron chi connectivity index (χ0n) is 17.6. The minimum absolute atomic E-state index is 0.00181. The van der Waals surface area contributed by atoms with Crippen molar-refractivity contribution < 1.29 is 14.7 Å². The van der Waals surface area contributed by atoms with Gasteiger partial charge in [-0.3, -0.25) is 14.5 Å². The van der Waals surface area contributed by atoms with Gasteiger partial charge in [-0.15, -0.1) is 0 Å². The van der Waals surface area contributed by atoms with E-state index >= 15 is 0 Å². The van der Waals surface area contributed by atoms with Crippen LogP contribution in [0.1, 0.15) is 35.0 Å². The minimum atomic E-state index is -0.673. The van der Waals surface area contributed by atoms with Crippen molar-refractivity contribution in [3.8, 4) is 0 Å². The van der Waals surface area contributed by atoms with Gasteiger partial charge in [-0.2, -0.15) is 0 Å². The second-order valence-electron chi connectivity index (χ2n) is 8.07. The van der Waals surface area contributed by atoms with E-state index < -0.39 is 6.10 Å². The van der Waals surface area contributed by atoms with Gasteiger partial charge in [0.05, 0.1) is 6.10 Å². The molecule has 164 valence electrons. The summed E-state index contributed by atoms with van der Waals surface area (Å²) in [6, 6.07) is 9.91. The maximum atomic E-state index is 12.5. The molecule has 31 heavy (non-hydrogen) atoms. The molecule has 1 aromatic carbocycles. The van der Waals surface area contributed by atoms with Crippen LogP contribution in [0.15, 0.2) is 36.7 Å². The first kappa shape index (κ1) is 21.2. The van der Waals surface area contributed by atoms with E-state index in [1.165, 1.54) is 24.4 Å². The van der Waals surface area contributed by atoms with Gasteiger partial charge in [-0.25, -0.2) is 9.97 Å². The van der Waals surface area contributed by atoms with Crippen LogP contribution >= 0.6 is 0 Å². The fourth-order valence-electron chi connectivity index (χ4n) is 4.02. The van der Waals surface area contributed by atoms with Gasteiger partial charge >= 0.3 is 0 Å². The summed E-state index contributed by atoms with van der Waals surface area (Å²) >= 11 is 0. The molecule has 2 amide bonds. The number of aromatic nitrogens is 2. The number of nitrogens with zero attached hydrogens (tertiary/aromatic N) is 4. The molecule has 0 spiro atoms. The molecule has 3 N–H and O–H groups in total. The van der Waals surface area contributed by atoms with Gasteiger partial charge in [0.1, 0.15) is 24.0 Å². The highest BCUT2D eigenvalue weighted by Gasteiger charge is 2.30. The molecule has 9 nitrogen and oxygen atoms in total. The van der Waals surface area contributed by atoms with Gasteiger partial charge < -0.3 is 20.6 Å². The summed E-state index contributed by atoms with van der Waals surface area (Å²) in [7, 11) is 0. The topological polar surface area (TPSA) is 111 Å². The number of rotatable bonds is 7. The van der Waals surface area contributed by atoms with Gasteiger partial charge in [0.2, 0.25) is 5.91 Å². The van der Waals surface area contributed by atoms with E-state index in [-0.39, 0.29) is 30.2 Å². The predicted molar refractivity (Wildman–Crippen MR) is 115 cm³/mol. The molecule has 9 heteroatoms. The van der Waals surface area contributed by atoms with Crippen molar-refractivity contribution in [1.82, 2.24) is 25.1 Å². The van der Waals surface area contributed by atoms with E-state index in [1.807, 2.05) is 6.07 Å². The molecule has 4 rings (SSSR count). The second-order valence-corrected chi connectivity index (χ2v) is 8.07. The molecule has 2 atom stereocenters. The van der Waals surface area contributed by atoms with Gasteiger partial charge in [0, 0.05) is 52.1 Å². The van der Waals surface area contributed by atoms with Gasteiger partial charge in [-0.05, 0) is 17.5 Å². The molecule has 2 aliphatic heterocycles. The van der Waals surface area contributed by atoms with Gasteiger partial charge in [-0.1, -0.05) is 24.3 Å². The van der Waals surface area contributed by atoms with Crippen molar-refractivity contribution in [1.29, 1.82) is 0 Å². The Hall–Kier alpha value is -3.04. The summed E-state index contributed by atoms with van der Waals surface area (Å²) in [5.74, 6) is 0.121. The van der Waals surface area contributed by atoms with E-state index in [9.17, 15) is 14.7 Å². The molecule has 0 radical (unpaired) electrons. The fraction of sp³-hybridized carbons (Fsp3) is 0.455. The maximum Gasteiger partial charge on any atom is 0.270 e. The zero-order valence-corrected chi connectivity index (χ0v) is 17.6. The molecule has 1 aromatic heterocycles.